The first-order valence-electron chi connectivity index (χ1n) is 6.99. The van der Waals surface area contributed by atoms with Crippen molar-refractivity contribution >= 4 is 0 Å². The summed E-state index contributed by atoms with van der Waals surface area (Å²) in [5, 5.41) is 0. The predicted octanol–water partition coefficient (Wildman–Crippen LogP) is 5.78. The molecule has 1 rings (SSSR count). The van der Waals surface area contributed by atoms with E-state index < -0.39 is 5.92 Å². The summed E-state index contributed by atoms with van der Waals surface area (Å²) in [5.41, 5.74) is 0.144. The lowest BCUT2D eigenvalue weighted by Gasteiger charge is -2.21. The van der Waals surface area contributed by atoms with Gasteiger partial charge in [0.25, 0.3) is 5.92 Å². The summed E-state index contributed by atoms with van der Waals surface area (Å²) < 4.78 is 28.0. The van der Waals surface area contributed by atoms with E-state index in [0.29, 0.717) is 0 Å². The van der Waals surface area contributed by atoms with Crippen molar-refractivity contribution in [3.63, 3.8) is 0 Å². The van der Waals surface area contributed by atoms with Crippen LogP contribution in [0.25, 0.3) is 0 Å². The molecule has 18 heavy (non-hydrogen) atoms. The van der Waals surface area contributed by atoms with Crippen LogP contribution in [-0.4, -0.2) is 0 Å². The van der Waals surface area contributed by atoms with Crippen LogP contribution in [0, 0.1) is 5.92 Å². The third-order valence-corrected chi connectivity index (χ3v) is 3.35. The molecule has 0 nitrogen and oxygen atoms in total. The van der Waals surface area contributed by atoms with Crippen molar-refractivity contribution in [1.82, 2.24) is 0 Å². The second-order valence-electron chi connectivity index (χ2n) is 5.23. The van der Waals surface area contributed by atoms with E-state index in [1.165, 1.54) is 25.0 Å². The molecule has 0 aliphatic heterocycles. The smallest absolute Gasteiger partial charge is 0.201 e. The highest BCUT2D eigenvalue weighted by atomic mass is 19.3. The summed E-state index contributed by atoms with van der Waals surface area (Å²) in [4.78, 5) is 0. The molecule has 0 heterocycles. The fourth-order valence-electron chi connectivity index (χ4n) is 2.26. The molecule has 102 valence electrons. The Morgan fingerprint density at radius 3 is 2.33 bits per heavy atom. The standard InChI is InChI=1S/C16H24F2/c1-3-4-5-7-10-14(2)13-16(17,18)15-11-8-6-9-12-15/h6,8-9,11-12,14H,3-5,7,10,13H2,1-2H3. The number of hydrogen-bond acceptors (Lipinski definition) is 0. The SMILES string of the molecule is CCCCCCC(C)CC(F)(F)c1ccccc1. The van der Waals surface area contributed by atoms with Crippen molar-refractivity contribution in [2.45, 2.75) is 58.3 Å². The number of unbranched alkanes of at least 4 members (excludes halogenated alkanes) is 3. The summed E-state index contributed by atoms with van der Waals surface area (Å²) in [7, 11) is 0. The maximum Gasteiger partial charge on any atom is 0.273 e. The largest absolute Gasteiger partial charge is 0.273 e. The normalized spacial score (nSPS) is 13.6. The second-order valence-corrected chi connectivity index (χ2v) is 5.23. The van der Waals surface area contributed by atoms with Gasteiger partial charge in [0, 0.05) is 12.0 Å². The lowest BCUT2D eigenvalue weighted by molar-refractivity contribution is -0.0281. The van der Waals surface area contributed by atoms with Gasteiger partial charge in [0.05, 0.1) is 0 Å². The van der Waals surface area contributed by atoms with E-state index in [4.69, 9.17) is 0 Å². The van der Waals surface area contributed by atoms with Crippen LogP contribution < -0.4 is 0 Å². The lowest BCUT2D eigenvalue weighted by Crippen LogP contribution is -2.17. The van der Waals surface area contributed by atoms with Crippen molar-refractivity contribution in [2.75, 3.05) is 0 Å². The van der Waals surface area contributed by atoms with Crippen molar-refractivity contribution < 1.29 is 8.78 Å². The zero-order chi connectivity index (χ0) is 13.4. The number of benzene rings is 1. The topological polar surface area (TPSA) is 0 Å². The fourth-order valence-corrected chi connectivity index (χ4v) is 2.26. The van der Waals surface area contributed by atoms with Gasteiger partial charge in [-0.05, 0) is 5.92 Å². The van der Waals surface area contributed by atoms with Crippen LogP contribution in [0.4, 0.5) is 8.78 Å². The van der Waals surface area contributed by atoms with E-state index in [9.17, 15) is 8.78 Å². The molecule has 1 atom stereocenters. The Hall–Kier alpha value is -0.920. The molecule has 0 radical (unpaired) electrons. The van der Waals surface area contributed by atoms with Crippen molar-refractivity contribution in [1.29, 1.82) is 0 Å². The van der Waals surface area contributed by atoms with Crippen molar-refractivity contribution in [3.05, 3.63) is 35.9 Å². The van der Waals surface area contributed by atoms with E-state index in [0.717, 1.165) is 19.3 Å². The predicted molar refractivity (Wildman–Crippen MR) is 72.9 cm³/mol. The van der Waals surface area contributed by atoms with Gasteiger partial charge >= 0.3 is 0 Å². The van der Waals surface area contributed by atoms with E-state index in [-0.39, 0.29) is 17.9 Å². The maximum atomic E-state index is 14.0. The average molecular weight is 254 g/mol. The zero-order valence-electron chi connectivity index (χ0n) is 11.5. The molecular weight excluding hydrogens is 230 g/mol. The number of alkyl halides is 2. The van der Waals surface area contributed by atoms with Gasteiger partial charge in [-0.2, -0.15) is 0 Å². The summed E-state index contributed by atoms with van der Waals surface area (Å²) in [6.45, 7) is 4.09. The minimum Gasteiger partial charge on any atom is -0.201 e. The third kappa shape index (κ3) is 5.16. The van der Waals surface area contributed by atoms with Crippen LogP contribution in [0.15, 0.2) is 30.3 Å². The molecule has 0 amide bonds. The Morgan fingerprint density at radius 2 is 1.72 bits per heavy atom. The van der Waals surface area contributed by atoms with Gasteiger partial charge in [-0.15, -0.1) is 0 Å². The number of rotatable bonds is 8. The Labute approximate surface area is 109 Å². The van der Waals surface area contributed by atoms with Gasteiger partial charge in [0.2, 0.25) is 0 Å². The first-order valence-corrected chi connectivity index (χ1v) is 6.99. The quantitative estimate of drug-likeness (QED) is 0.516. The molecule has 0 aromatic heterocycles. The monoisotopic (exact) mass is 254 g/mol. The van der Waals surface area contributed by atoms with Crippen molar-refractivity contribution in [2.24, 2.45) is 5.92 Å². The van der Waals surface area contributed by atoms with Gasteiger partial charge in [-0.1, -0.05) is 76.3 Å². The summed E-state index contributed by atoms with van der Waals surface area (Å²) in [6, 6.07) is 8.16. The number of halogens is 2. The molecule has 0 aliphatic rings. The van der Waals surface area contributed by atoms with Crippen LogP contribution in [0.3, 0.4) is 0 Å². The molecule has 1 unspecified atom stereocenters. The minimum atomic E-state index is -2.69. The van der Waals surface area contributed by atoms with Crippen LogP contribution in [0.1, 0.15) is 57.9 Å². The molecule has 0 saturated heterocycles. The molecular formula is C16H24F2. The first-order chi connectivity index (χ1) is 8.56. The van der Waals surface area contributed by atoms with Crippen molar-refractivity contribution in [3.8, 4) is 0 Å². The number of hydrogen-bond donors (Lipinski definition) is 0. The van der Waals surface area contributed by atoms with Crippen LogP contribution in [-0.2, 0) is 5.92 Å². The Morgan fingerprint density at radius 1 is 1.06 bits per heavy atom. The summed E-state index contributed by atoms with van der Waals surface area (Å²) in [5.74, 6) is -2.61. The average Bonchev–Trinajstić information content (AvgIpc) is 2.35. The van der Waals surface area contributed by atoms with Crippen LogP contribution in [0.5, 0.6) is 0 Å². The highest BCUT2D eigenvalue weighted by Crippen LogP contribution is 2.35. The van der Waals surface area contributed by atoms with Gasteiger partial charge in [-0.3, -0.25) is 0 Å². The molecule has 2 heteroatoms. The van der Waals surface area contributed by atoms with E-state index in [1.54, 1.807) is 18.2 Å². The molecule has 0 saturated carbocycles. The highest BCUT2D eigenvalue weighted by molar-refractivity contribution is 5.19. The molecule has 0 aliphatic carbocycles. The van der Waals surface area contributed by atoms with Gasteiger partial charge < -0.3 is 0 Å². The highest BCUT2D eigenvalue weighted by Gasteiger charge is 2.32. The molecule has 0 spiro atoms. The molecule has 0 fully saturated rings. The molecule has 1 aromatic carbocycles. The Balaban J connectivity index is 2.40. The van der Waals surface area contributed by atoms with E-state index >= 15 is 0 Å². The molecule has 0 bridgehead atoms. The first kappa shape index (κ1) is 15.1. The Bertz CT molecular complexity index is 319. The maximum absolute atomic E-state index is 14.0. The molecule has 1 aromatic rings. The van der Waals surface area contributed by atoms with E-state index in [1.807, 2.05) is 6.92 Å². The van der Waals surface area contributed by atoms with Gasteiger partial charge in [0.15, 0.2) is 0 Å². The van der Waals surface area contributed by atoms with Crippen LogP contribution in [0.2, 0.25) is 0 Å². The van der Waals surface area contributed by atoms with Gasteiger partial charge in [0.1, 0.15) is 0 Å². The zero-order valence-corrected chi connectivity index (χ0v) is 11.5. The van der Waals surface area contributed by atoms with E-state index in [2.05, 4.69) is 6.92 Å². The Kier molecular flexibility index (Phi) is 6.31. The minimum absolute atomic E-state index is 0.0386. The third-order valence-electron chi connectivity index (χ3n) is 3.35. The molecule has 0 N–H and O–H groups in total. The summed E-state index contributed by atoms with van der Waals surface area (Å²) >= 11 is 0. The van der Waals surface area contributed by atoms with Crippen LogP contribution >= 0.6 is 0 Å². The fraction of sp³-hybridized carbons (Fsp3) is 0.625. The second kappa shape index (κ2) is 7.50. The van der Waals surface area contributed by atoms with Gasteiger partial charge in [-0.25, -0.2) is 8.78 Å². The summed E-state index contributed by atoms with van der Waals surface area (Å²) in [6.07, 6.45) is 5.50. The lowest BCUT2D eigenvalue weighted by atomic mass is 9.93.